The first-order chi connectivity index (χ1) is 11.5. The molecule has 2 atom stereocenters. The summed E-state index contributed by atoms with van der Waals surface area (Å²) in [6.07, 6.45) is 6.98. The Kier molecular flexibility index (Phi) is 3.87. The Bertz CT molecular complexity index is 766. The monoisotopic (exact) mass is 326 g/mol. The summed E-state index contributed by atoms with van der Waals surface area (Å²) in [5.74, 6) is 0.425. The fourth-order valence-corrected chi connectivity index (χ4v) is 4.50. The van der Waals surface area contributed by atoms with Crippen LogP contribution in [0.4, 0.5) is 0 Å². The molecule has 0 bridgehead atoms. The molecule has 4 nitrogen and oxygen atoms in total. The van der Waals surface area contributed by atoms with E-state index in [1.807, 2.05) is 15.7 Å². The van der Waals surface area contributed by atoms with Crippen molar-refractivity contribution in [3.8, 4) is 0 Å². The lowest BCUT2D eigenvalue weighted by Crippen LogP contribution is -2.55. The zero-order chi connectivity index (χ0) is 16.7. The number of aryl methyl sites for hydroxylation is 1. The molecule has 1 N–H and O–H groups in total. The van der Waals surface area contributed by atoms with Crippen molar-refractivity contribution in [3.63, 3.8) is 0 Å². The number of aliphatic hydroxyl groups is 1. The molecule has 2 fully saturated rings. The summed E-state index contributed by atoms with van der Waals surface area (Å²) < 4.78 is 2.04. The molecule has 2 aromatic rings. The molecule has 128 valence electrons. The molecule has 1 saturated heterocycles. The third-order valence-corrected chi connectivity index (χ3v) is 6.01. The topological polar surface area (TPSA) is 45.5 Å². The molecule has 2 aliphatic rings. The molecule has 24 heavy (non-hydrogen) atoms. The van der Waals surface area contributed by atoms with Gasteiger partial charge in [-0.05, 0) is 49.8 Å². The van der Waals surface area contributed by atoms with Crippen molar-refractivity contribution in [2.75, 3.05) is 13.1 Å². The highest BCUT2D eigenvalue weighted by Crippen LogP contribution is 2.39. The van der Waals surface area contributed by atoms with E-state index in [2.05, 4.69) is 31.2 Å². The summed E-state index contributed by atoms with van der Waals surface area (Å²) in [4.78, 5) is 14.7. The van der Waals surface area contributed by atoms with Crippen LogP contribution < -0.4 is 0 Å². The molecule has 1 amide bonds. The van der Waals surface area contributed by atoms with Crippen molar-refractivity contribution in [3.05, 3.63) is 36.0 Å². The zero-order valence-electron chi connectivity index (χ0n) is 14.4. The van der Waals surface area contributed by atoms with Crippen molar-refractivity contribution in [2.45, 2.75) is 51.2 Å². The van der Waals surface area contributed by atoms with Gasteiger partial charge in [-0.1, -0.05) is 24.5 Å². The summed E-state index contributed by atoms with van der Waals surface area (Å²) in [6.45, 7) is 3.87. The van der Waals surface area contributed by atoms with Crippen LogP contribution in [0.25, 0.3) is 10.9 Å². The van der Waals surface area contributed by atoms with Gasteiger partial charge in [-0.15, -0.1) is 0 Å². The minimum atomic E-state index is -0.521. The van der Waals surface area contributed by atoms with Gasteiger partial charge in [-0.3, -0.25) is 4.79 Å². The maximum absolute atomic E-state index is 12.8. The standard InChI is InChI=1S/C20H26N2O2/c1-15-5-6-18-16(12-15)7-10-21(18)14-19(23)22-11-9-20(24)8-3-2-4-17(20)13-22/h5-7,10,12,17,24H,2-4,8-9,11,13-14H2,1H3/t17-,20-/m0/s1. The zero-order valence-corrected chi connectivity index (χ0v) is 14.4. The van der Waals surface area contributed by atoms with Crippen molar-refractivity contribution >= 4 is 16.8 Å². The van der Waals surface area contributed by atoms with Gasteiger partial charge in [0.05, 0.1) is 5.60 Å². The van der Waals surface area contributed by atoms with E-state index in [4.69, 9.17) is 0 Å². The predicted molar refractivity (Wildman–Crippen MR) is 94.8 cm³/mol. The highest BCUT2D eigenvalue weighted by Gasteiger charge is 2.43. The van der Waals surface area contributed by atoms with Crippen LogP contribution in [0.2, 0.25) is 0 Å². The van der Waals surface area contributed by atoms with Gasteiger partial charge >= 0.3 is 0 Å². The number of hydrogen-bond donors (Lipinski definition) is 1. The first-order valence-corrected chi connectivity index (χ1v) is 9.11. The Morgan fingerprint density at radius 3 is 3.04 bits per heavy atom. The van der Waals surface area contributed by atoms with E-state index >= 15 is 0 Å². The molecule has 2 heterocycles. The lowest BCUT2D eigenvalue weighted by Gasteiger charge is -2.47. The van der Waals surface area contributed by atoms with Crippen molar-refractivity contribution in [1.82, 2.24) is 9.47 Å². The van der Waals surface area contributed by atoms with Crippen molar-refractivity contribution in [1.29, 1.82) is 0 Å². The summed E-state index contributed by atoms with van der Waals surface area (Å²) in [6, 6.07) is 8.41. The third kappa shape index (κ3) is 2.73. The van der Waals surface area contributed by atoms with Crippen LogP contribution >= 0.6 is 0 Å². The molecular formula is C20H26N2O2. The molecule has 1 aliphatic carbocycles. The van der Waals surface area contributed by atoms with Gasteiger partial charge in [-0.25, -0.2) is 0 Å². The number of rotatable bonds is 2. The molecule has 1 aromatic carbocycles. The molecule has 1 aromatic heterocycles. The Morgan fingerprint density at radius 1 is 1.29 bits per heavy atom. The van der Waals surface area contributed by atoms with Gasteiger partial charge < -0.3 is 14.6 Å². The number of nitrogens with zero attached hydrogens (tertiary/aromatic N) is 2. The number of hydrogen-bond acceptors (Lipinski definition) is 2. The maximum atomic E-state index is 12.8. The van der Waals surface area contributed by atoms with Crippen LogP contribution in [0.15, 0.2) is 30.5 Å². The van der Waals surface area contributed by atoms with Crippen molar-refractivity contribution in [2.24, 2.45) is 5.92 Å². The molecule has 1 saturated carbocycles. The number of carbonyl (C=O) groups excluding carboxylic acids is 1. The van der Waals surface area contributed by atoms with Gasteiger partial charge in [-0.2, -0.15) is 0 Å². The van der Waals surface area contributed by atoms with Gasteiger partial charge in [0.2, 0.25) is 5.91 Å². The van der Waals surface area contributed by atoms with E-state index in [1.54, 1.807) is 0 Å². The maximum Gasteiger partial charge on any atom is 0.242 e. The number of piperidine rings is 1. The second kappa shape index (κ2) is 5.92. The number of aromatic nitrogens is 1. The second-order valence-electron chi connectivity index (χ2n) is 7.64. The predicted octanol–water partition coefficient (Wildman–Crippen LogP) is 3.10. The Labute approximate surface area is 143 Å². The van der Waals surface area contributed by atoms with E-state index in [-0.39, 0.29) is 11.8 Å². The molecule has 0 unspecified atom stereocenters. The van der Waals surface area contributed by atoms with Crippen LogP contribution in [0.5, 0.6) is 0 Å². The van der Waals surface area contributed by atoms with Crippen LogP contribution in [-0.2, 0) is 11.3 Å². The average molecular weight is 326 g/mol. The smallest absolute Gasteiger partial charge is 0.242 e. The lowest BCUT2D eigenvalue weighted by molar-refractivity contribution is -0.143. The van der Waals surface area contributed by atoms with E-state index in [0.29, 0.717) is 19.6 Å². The Balaban J connectivity index is 1.48. The fourth-order valence-electron chi connectivity index (χ4n) is 4.50. The SMILES string of the molecule is Cc1ccc2c(ccn2CC(=O)N2CC[C@@]3(O)CCCC[C@H]3C2)c1. The number of likely N-dealkylation sites (tertiary alicyclic amines) is 1. The number of benzene rings is 1. The Hall–Kier alpha value is -1.81. The van der Waals surface area contributed by atoms with Crippen LogP contribution in [0.3, 0.4) is 0 Å². The van der Waals surface area contributed by atoms with Gasteiger partial charge in [0.15, 0.2) is 0 Å². The molecule has 4 rings (SSSR count). The first kappa shape index (κ1) is 15.7. The summed E-state index contributed by atoms with van der Waals surface area (Å²) in [7, 11) is 0. The number of carbonyl (C=O) groups is 1. The normalized spacial score (nSPS) is 27.2. The third-order valence-electron chi connectivity index (χ3n) is 6.01. The van der Waals surface area contributed by atoms with E-state index < -0.39 is 5.60 Å². The van der Waals surface area contributed by atoms with E-state index in [0.717, 1.165) is 31.2 Å². The van der Waals surface area contributed by atoms with Crippen LogP contribution in [-0.4, -0.2) is 39.2 Å². The van der Waals surface area contributed by atoms with Gasteiger partial charge in [0.25, 0.3) is 0 Å². The van der Waals surface area contributed by atoms with E-state index in [9.17, 15) is 9.90 Å². The molecular weight excluding hydrogens is 300 g/mol. The van der Waals surface area contributed by atoms with Gasteiger partial charge in [0, 0.05) is 30.7 Å². The number of amides is 1. The second-order valence-corrected chi connectivity index (χ2v) is 7.64. The van der Waals surface area contributed by atoms with Gasteiger partial charge in [0.1, 0.15) is 6.54 Å². The lowest BCUT2D eigenvalue weighted by atomic mass is 9.71. The molecule has 0 radical (unpaired) electrons. The summed E-state index contributed by atoms with van der Waals surface area (Å²) in [5.41, 5.74) is 1.83. The largest absolute Gasteiger partial charge is 0.389 e. The van der Waals surface area contributed by atoms with Crippen LogP contribution in [0, 0.1) is 12.8 Å². The molecule has 1 aliphatic heterocycles. The highest BCUT2D eigenvalue weighted by molar-refractivity contribution is 5.84. The van der Waals surface area contributed by atoms with Crippen LogP contribution in [0.1, 0.15) is 37.7 Å². The molecule has 4 heteroatoms. The molecule has 0 spiro atoms. The minimum absolute atomic E-state index is 0.167. The Morgan fingerprint density at radius 2 is 2.17 bits per heavy atom. The van der Waals surface area contributed by atoms with E-state index in [1.165, 1.54) is 17.4 Å². The average Bonchev–Trinajstić information content (AvgIpc) is 2.95. The van der Waals surface area contributed by atoms with Crippen molar-refractivity contribution < 1.29 is 9.90 Å². The fraction of sp³-hybridized carbons (Fsp3) is 0.550. The number of fused-ring (bicyclic) bond motifs is 2. The summed E-state index contributed by atoms with van der Waals surface area (Å²) in [5, 5.41) is 12.0. The minimum Gasteiger partial charge on any atom is -0.389 e. The highest BCUT2D eigenvalue weighted by atomic mass is 16.3. The summed E-state index contributed by atoms with van der Waals surface area (Å²) >= 11 is 0. The quantitative estimate of drug-likeness (QED) is 0.922. The first-order valence-electron chi connectivity index (χ1n) is 9.11.